The van der Waals surface area contributed by atoms with E-state index in [1.54, 1.807) is 44.2 Å². The number of methoxy groups -OCH3 is 2. The van der Waals surface area contributed by atoms with Crippen LogP contribution < -0.4 is 20.1 Å². The zero-order valence-corrected chi connectivity index (χ0v) is 21.0. The Bertz CT molecular complexity index is 1220. The van der Waals surface area contributed by atoms with Crippen LogP contribution in [0.1, 0.15) is 39.2 Å². The summed E-state index contributed by atoms with van der Waals surface area (Å²) in [4.78, 5) is 28.5. The number of aryl methyl sites for hydroxylation is 1. The summed E-state index contributed by atoms with van der Waals surface area (Å²) in [6.07, 6.45) is 0.198. The molecule has 4 rings (SSSR count). The van der Waals surface area contributed by atoms with Crippen molar-refractivity contribution in [1.29, 1.82) is 0 Å². The lowest BCUT2D eigenvalue weighted by Gasteiger charge is -2.26. The zero-order valence-electron chi connectivity index (χ0n) is 20.2. The van der Waals surface area contributed by atoms with E-state index in [-0.39, 0.29) is 12.0 Å². The van der Waals surface area contributed by atoms with Gasteiger partial charge in [0.1, 0.15) is 28.0 Å². The van der Waals surface area contributed by atoms with Gasteiger partial charge in [-0.2, -0.15) is 0 Å². The van der Waals surface area contributed by atoms with Crippen molar-refractivity contribution in [2.45, 2.75) is 33.4 Å². The molecule has 0 bridgehead atoms. The molecule has 2 aromatic heterocycles. The molecule has 1 aliphatic rings. The fraction of sp³-hybridized carbons (Fsp3) is 0.360. The van der Waals surface area contributed by atoms with E-state index in [0.717, 1.165) is 22.0 Å². The van der Waals surface area contributed by atoms with Crippen molar-refractivity contribution in [1.82, 2.24) is 4.90 Å². The third kappa shape index (κ3) is 5.37. The van der Waals surface area contributed by atoms with Crippen molar-refractivity contribution in [3.8, 4) is 11.5 Å². The summed E-state index contributed by atoms with van der Waals surface area (Å²) in [6, 6.07) is 9.03. The fourth-order valence-corrected chi connectivity index (χ4v) is 5.24. The molecule has 0 saturated carbocycles. The van der Waals surface area contributed by atoms with Crippen LogP contribution in [0.25, 0.3) is 0 Å². The largest absolute Gasteiger partial charge is 0.497 e. The van der Waals surface area contributed by atoms with Crippen LogP contribution in [0, 0.1) is 6.92 Å². The van der Waals surface area contributed by atoms with Gasteiger partial charge in [0, 0.05) is 17.5 Å². The summed E-state index contributed by atoms with van der Waals surface area (Å²) in [5.74, 6) is 2.45. The number of fused-ring (bicyclic) bond motifs is 1. The summed E-state index contributed by atoms with van der Waals surface area (Å²) >= 11 is 1.46. The Labute approximate surface area is 208 Å². The average molecular weight is 500 g/mol. The molecule has 3 heterocycles. The normalized spacial score (nSPS) is 12.6. The number of ether oxygens (including phenoxy) is 3. The number of nitrogens with zero attached hydrogens (tertiary/aromatic N) is 1. The van der Waals surface area contributed by atoms with Crippen molar-refractivity contribution in [3.05, 3.63) is 57.9 Å². The van der Waals surface area contributed by atoms with Crippen LogP contribution in [0.2, 0.25) is 0 Å². The van der Waals surface area contributed by atoms with Crippen LogP contribution in [0.5, 0.6) is 11.5 Å². The minimum absolute atomic E-state index is 0.267. The molecule has 9 nitrogen and oxygen atoms in total. The highest BCUT2D eigenvalue weighted by Crippen LogP contribution is 2.39. The van der Waals surface area contributed by atoms with E-state index in [2.05, 4.69) is 10.6 Å². The minimum Gasteiger partial charge on any atom is -0.497 e. The topological polar surface area (TPSA) is 102 Å². The van der Waals surface area contributed by atoms with Gasteiger partial charge >= 0.3 is 6.09 Å². The Morgan fingerprint density at radius 3 is 2.69 bits per heavy atom. The molecule has 0 unspecified atom stereocenters. The molecule has 10 heteroatoms. The SMILES string of the molecule is CCOC(=O)N1CCc2c(sc(NCc3ccc(C)o3)c2C(=O)Nc2cc(OC)ccc2OC)C1. The third-order valence-electron chi connectivity index (χ3n) is 5.68. The predicted molar refractivity (Wildman–Crippen MR) is 134 cm³/mol. The molecule has 0 spiro atoms. The third-order valence-corrected chi connectivity index (χ3v) is 6.86. The molecule has 186 valence electrons. The maximum Gasteiger partial charge on any atom is 0.410 e. The van der Waals surface area contributed by atoms with E-state index < -0.39 is 0 Å². The molecule has 1 aromatic carbocycles. The van der Waals surface area contributed by atoms with E-state index >= 15 is 0 Å². The van der Waals surface area contributed by atoms with Gasteiger partial charge in [-0.05, 0) is 50.1 Å². The van der Waals surface area contributed by atoms with E-state index in [9.17, 15) is 9.59 Å². The molecule has 35 heavy (non-hydrogen) atoms. The Kier molecular flexibility index (Phi) is 7.50. The van der Waals surface area contributed by atoms with Crippen molar-refractivity contribution in [2.24, 2.45) is 0 Å². The molecule has 3 aromatic rings. The number of carbonyl (C=O) groups excluding carboxylic acids is 2. The van der Waals surface area contributed by atoms with Gasteiger partial charge < -0.3 is 34.2 Å². The summed E-state index contributed by atoms with van der Waals surface area (Å²) < 4.78 is 21.6. The summed E-state index contributed by atoms with van der Waals surface area (Å²) in [6.45, 7) is 5.28. The molecule has 0 aliphatic carbocycles. The Hall–Kier alpha value is -3.66. The first-order chi connectivity index (χ1) is 16.9. The number of furan rings is 1. The van der Waals surface area contributed by atoms with Crippen LogP contribution in [0.3, 0.4) is 0 Å². The molecule has 0 fully saturated rings. The molecule has 1 aliphatic heterocycles. The van der Waals surface area contributed by atoms with Crippen molar-refractivity contribution < 1.29 is 28.2 Å². The second-order valence-corrected chi connectivity index (χ2v) is 9.07. The zero-order chi connectivity index (χ0) is 24.9. The lowest BCUT2D eigenvalue weighted by molar-refractivity contribution is 0.102. The van der Waals surface area contributed by atoms with Crippen molar-refractivity contribution in [2.75, 3.05) is 38.0 Å². The highest BCUT2D eigenvalue weighted by molar-refractivity contribution is 7.16. The lowest BCUT2D eigenvalue weighted by Crippen LogP contribution is -2.36. The second-order valence-electron chi connectivity index (χ2n) is 7.96. The van der Waals surface area contributed by atoms with E-state index in [0.29, 0.717) is 60.4 Å². The molecule has 0 radical (unpaired) electrons. The maximum atomic E-state index is 13.6. The first kappa shape index (κ1) is 24.5. The molecule has 2 N–H and O–H groups in total. The number of carbonyl (C=O) groups is 2. The van der Waals surface area contributed by atoms with Crippen molar-refractivity contribution in [3.63, 3.8) is 0 Å². The average Bonchev–Trinajstić information content (AvgIpc) is 3.44. The number of hydrogen-bond acceptors (Lipinski definition) is 8. The number of amides is 2. The molecular weight excluding hydrogens is 470 g/mol. The van der Waals surface area contributed by atoms with Crippen molar-refractivity contribution >= 4 is 34.0 Å². The maximum absolute atomic E-state index is 13.6. The smallest absolute Gasteiger partial charge is 0.410 e. The Morgan fingerprint density at radius 1 is 1.17 bits per heavy atom. The number of thiophene rings is 1. The summed E-state index contributed by atoms with van der Waals surface area (Å²) in [5, 5.41) is 7.06. The number of rotatable bonds is 8. The van der Waals surface area contributed by atoms with Gasteiger partial charge in [-0.15, -0.1) is 11.3 Å². The number of anilines is 2. The standard InChI is InChI=1S/C25H29N3O6S/c1-5-33-25(30)28-11-10-18-21(14-28)35-24(26-13-17-7-6-15(2)34-17)22(18)23(29)27-19-12-16(31-3)8-9-20(19)32-4/h6-9,12,26H,5,10-11,13-14H2,1-4H3,(H,27,29). The van der Waals surface area contributed by atoms with Crippen LogP contribution >= 0.6 is 11.3 Å². The number of nitrogens with one attached hydrogen (secondary N) is 2. The number of benzene rings is 1. The minimum atomic E-state index is -0.348. The van der Waals surface area contributed by atoms with Crippen LogP contribution in [-0.4, -0.2) is 44.3 Å². The molecule has 0 atom stereocenters. The second kappa shape index (κ2) is 10.7. The predicted octanol–water partition coefficient (Wildman–Crippen LogP) is 5.05. The van der Waals surface area contributed by atoms with E-state index in [1.807, 2.05) is 19.1 Å². The Morgan fingerprint density at radius 2 is 2.00 bits per heavy atom. The van der Waals surface area contributed by atoms with Gasteiger partial charge in [-0.3, -0.25) is 4.79 Å². The van der Waals surface area contributed by atoms with Gasteiger partial charge in [-0.1, -0.05) is 0 Å². The molecule has 2 amide bonds. The van der Waals surface area contributed by atoms with E-state index in [4.69, 9.17) is 18.6 Å². The van der Waals surface area contributed by atoms with Crippen LogP contribution in [-0.2, 0) is 24.2 Å². The highest BCUT2D eigenvalue weighted by Gasteiger charge is 2.30. The van der Waals surface area contributed by atoms with Gasteiger partial charge in [0.05, 0.1) is 45.2 Å². The first-order valence-corrected chi connectivity index (χ1v) is 12.1. The monoisotopic (exact) mass is 499 g/mol. The van der Waals surface area contributed by atoms with Gasteiger partial charge in [-0.25, -0.2) is 4.79 Å². The fourth-order valence-electron chi connectivity index (χ4n) is 3.98. The lowest BCUT2D eigenvalue weighted by atomic mass is 10.0. The first-order valence-electron chi connectivity index (χ1n) is 11.3. The molecular formula is C25H29N3O6S. The Balaban J connectivity index is 1.65. The summed E-state index contributed by atoms with van der Waals surface area (Å²) in [7, 11) is 3.11. The van der Waals surface area contributed by atoms with Crippen LogP contribution in [0.4, 0.5) is 15.5 Å². The van der Waals surface area contributed by atoms with Crippen LogP contribution in [0.15, 0.2) is 34.7 Å². The number of hydrogen-bond donors (Lipinski definition) is 2. The highest BCUT2D eigenvalue weighted by atomic mass is 32.1. The quantitative estimate of drug-likeness (QED) is 0.447. The summed E-state index contributed by atoms with van der Waals surface area (Å²) in [5.41, 5.74) is 1.99. The van der Waals surface area contributed by atoms with Gasteiger partial charge in [0.15, 0.2) is 0 Å². The van der Waals surface area contributed by atoms with Gasteiger partial charge in [0.25, 0.3) is 5.91 Å². The van der Waals surface area contributed by atoms with Gasteiger partial charge in [0.2, 0.25) is 0 Å². The molecule has 0 saturated heterocycles. The van der Waals surface area contributed by atoms with E-state index in [1.165, 1.54) is 11.3 Å².